The number of nitrogens with zero attached hydrogens (tertiary/aromatic N) is 2. The average Bonchev–Trinajstić information content (AvgIpc) is 3.03. The van der Waals surface area contributed by atoms with Crippen LogP contribution in [0.15, 0.2) is 47.5 Å². The van der Waals surface area contributed by atoms with Crippen LogP contribution >= 0.6 is 11.3 Å². The topological polar surface area (TPSA) is 99.0 Å². The Morgan fingerprint density at radius 3 is 2.63 bits per heavy atom. The predicted molar refractivity (Wildman–Crippen MR) is 114 cm³/mol. The van der Waals surface area contributed by atoms with Gasteiger partial charge in [0.05, 0.1) is 29.5 Å². The fourth-order valence-corrected chi connectivity index (χ4v) is 3.96. The molecule has 0 saturated heterocycles. The number of aromatic nitrogens is 1. The van der Waals surface area contributed by atoms with Crippen LogP contribution in [0.5, 0.6) is 5.75 Å². The molecule has 0 atom stereocenters. The van der Waals surface area contributed by atoms with Crippen molar-refractivity contribution >= 4 is 45.0 Å². The maximum Gasteiger partial charge on any atom is 0.326 e. The summed E-state index contributed by atoms with van der Waals surface area (Å²) in [4.78, 5) is 40.9. The van der Waals surface area contributed by atoms with Crippen molar-refractivity contribution in [3.05, 3.63) is 52.8 Å². The van der Waals surface area contributed by atoms with Crippen LogP contribution in [0.1, 0.15) is 24.2 Å². The first kappa shape index (κ1) is 21.3. The maximum atomic E-state index is 12.8. The van der Waals surface area contributed by atoms with Gasteiger partial charge in [-0.3, -0.25) is 14.4 Å². The summed E-state index contributed by atoms with van der Waals surface area (Å²) in [5, 5.41) is 2.72. The highest BCUT2D eigenvalue weighted by molar-refractivity contribution is 7.16. The smallest absolute Gasteiger partial charge is 0.326 e. The number of carbonyl (C=O) groups is 3. The van der Waals surface area contributed by atoms with E-state index in [9.17, 15) is 14.4 Å². The third-order valence-corrected chi connectivity index (χ3v) is 5.17. The molecule has 0 aliphatic rings. The Labute approximate surface area is 176 Å². The molecule has 0 spiro atoms. The molecule has 0 radical (unpaired) electrons. The van der Waals surface area contributed by atoms with E-state index in [4.69, 9.17) is 9.47 Å². The average molecular weight is 427 g/mol. The number of amides is 2. The van der Waals surface area contributed by atoms with Crippen LogP contribution in [0, 0.1) is 0 Å². The fourth-order valence-electron chi connectivity index (χ4n) is 2.90. The van der Waals surface area contributed by atoms with E-state index in [1.165, 1.54) is 25.4 Å². The fraction of sp³-hybridized carbons (Fsp3) is 0.238. The number of anilines is 1. The van der Waals surface area contributed by atoms with Crippen LogP contribution in [0.4, 0.5) is 5.69 Å². The summed E-state index contributed by atoms with van der Waals surface area (Å²) in [5.41, 5.74) is 1.63. The number of methoxy groups -OCH3 is 1. The van der Waals surface area contributed by atoms with Crippen LogP contribution in [0.2, 0.25) is 0 Å². The number of hydrogen-bond donors (Lipinski definition) is 1. The highest BCUT2D eigenvalue weighted by Gasteiger charge is 2.15. The summed E-state index contributed by atoms with van der Waals surface area (Å²) >= 11 is 1.24. The second-order valence-corrected chi connectivity index (χ2v) is 7.27. The third-order valence-electron chi connectivity index (χ3n) is 4.13. The SMILES string of the molecule is CCOC(=O)Cn1c(=NC(=O)c2ccccc2OC)sc2cc(NC(C)=O)ccc21. The number of nitrogens with one attached hydrogen (secondary N) is 1. The number of ether oxygens (including phenoxy) is 2. The molecule has 8 nitrogen and oxygen atoms in total. The molecule has 1 heterocycles. The summed E-state index contributed by atoms with van der Waals surface area (Å²) in [6, 6.07) is 12.1. The minimum absolute atomic E-state index is 0.0919. The van der Waals surface area contributed by atoms with Gasteiger partial charge < -0.3 is 19.4 Å². The van der Waals surface area contributed by atoms with Crippen molar-refractivity contribution in [3.8, 4) is 5.75 Å². The molecule has 0 unspecified atom stereocenters. The lowest BCUT2D eigenvalue weighted by molar-refractivity contribution is -0.143. The monoisotopic (exact) mass is 427 g/mol. The zero-order valence-corrected chi connectivity index (χ0v) is 17.6. The Morgan fingerprint density at radius 1 is 1.17 bits per heavy atom. The maximum absolute atomic E-state index is 12.8. The van der Waals surface area contributed by atoms with Gasteiger partial charge in [0.25, 0.3) is 5.91 Å². The third kappa shape index (κ3) is 4.74. The number of rotatable bonds is 6. The number of esters is 1. The molecule has 30 heavy (non-hydrogen) atoms. The summed E-state index contributed by atoms with van der Waals surface area (Å²) in [5.74, 6) is -0.702. The van der Waals surface area contributed by atoms with E-state index in [-0.39, 0.29) is 19.1 Å². The molecule has 2 aromatic carbocycles. The zero-order chi connectivity index (χ0) is 21.7. The minimum Gasteiger partial charge on any atom is -0.496 e. The van der Waals surface area contributed by atoms with Crippen LogP contribution in [0.3, 0.4) is 0 Å². The molecular formula is C21H21N3O5S. The standard InChI is InChI=1S/C21H21N3O5S/c1-4-29-19(26)12-24-16-10-9-14(22-13(2)25)11-18(16)30-21(24)23-20(27)15-7-5-6-8-17(15)28-3/h5-11H,4,12H2,1-3H3,(H,22,25). The Bertz CT molecular complexity index is 1180. The quantitative estimate of drug-likeness (QED) is 0.610. The van der Waals surface area contributed by atoms with Gasteiger partial charge in [-0.15, -0.1) is 0 Å². The molecule has 0 fully saturated rings. The number of hydrogen-bond acceptors (Lipinski definition) is 6. The van der Waals surface area contributed by atoms with Crippen LogP contribution in [0.25, 0.3) is 10.2 Å². The molecule has 3 aromatic rings. The van der Waals surface area contributed by atoms with Crippen molar-refractivity contribution in [1.82, 2.24) is 4.57 Å². The summed E-state index contributed by atoms with van der Waals surface area (Å²) in [6.45, 7) is 3.31. The first-order valence-corrected chi connectivity index (χ1v) is 10.0. The molecule has 1 N–H and O–H groups in total. The summed E-state index contributed by atoms with van der Waals surface area (Å²) in [6.07, 6.45) is 0. The Hall–Kier alpha value is -3.46. The van der Waals surface area contributed by atoms with Crippen molar-refractivity contribution in [2.45, 2.75) is 20.4 Å². The Morgan fingerprint density at radius 2 is 1.93 bits per heavy atom. The van der Waals surface area contributed by atoms with Gasteiger partial charge in [0.2, 0.25) is 5.91 Å². The lowest BCUT2D eigenvalue weighted by Gasteiger charge is -2.06. The second-order valence-electron chi connectivity index (χ2n) is 6.26. The van der Waals surface area contributed by atoms with E-state index in [1.807, 2.05) is 0 Å². The summed E-state index contributed by atoms with van der Waals surface area (Å²) in [7, 11) is 1.48. The van der Waals surface area contributed by atoms with E-state index < -0.39 is 11.9 Å². The van der Waals surface area contributed by atoms with Gasteiger partial charge in [0.1, 0.15) is 12.3 Å². The predicted octanol–water partition coefficient (Wildman–Crippen LogP) is 2.97. The van der Waals surface area contributed by atoms with Crippen molar-refractivity contribution < 1.29 is 23.9 Å². The van der Waals surface area contributed by atoms with E-state index in [2.05, 4.69) is 10.3 Å². The minimum atomic E-state index is -0.487. The number of para-hydroxylation sites is 1. The number of benzene rings is 2. The molecular weight excluding hydrogens is 406 g/mol. The number of thiazole rings is 1. The van der Waals surface area contributed by atoms with Crippen molar-refractivity contribution in [1.29, 1.82) is 0 Å². The lowest BCUT2D eigenvalue weighted by atomic mass is 10.2. The van der Waals surface area contributed by atoms with Gasteiger partial charge in [-0.25, -0.2) is 0 Å². The van der Waals surface area contributed by atoms with Gasteiger partial charge in [0, 0.05) is 12.6 Å². The van der Waals surface area contributed by atoms with Crippen LogP contribution in [-0.4, -0.2) is 36.1 Å². The largest absolute Gasteiger partial charge is 0.496 e. The van der Waals surface area contributed by atoms with E-state index in [0.717, 1.165) is 4.70 Å². The van der Waals surface area contributed by atoms with Gasteiger partial charge in [0.15, 0.2) is 4.80 Å². The second kappa shape index (κ2) is 9.36. The zero-order valence-electron chi connectivity index (χ0n) is 16.8. The lowest BCUT2D eigenvalue weighted by Crippen LogP contribution is -2.23. The van der Waals surface area contributed by atoms with E-state index in [0.29, 0.717) is 27.3 Å². The Balaban J connectivity index is 2.12. The van der Waals surface area contributed by atoms with Gasteiger partial charge in [-0.05, 0) is 37.3 Å². The van der Waals surface area contributed by atoms with Crippen molar-refractivity contribution in [2.75, 3.05) is 19.0 Å². The molecule has 0 aliphatic heterocycles. The van der Waals surface area contributed by atoms with Crippen molar-refractivity contribution in [3.63, 3.8) is 0 Å². The number of carbonyl (C=O) groups excluding carboxylic acids is 3. The highest BCUT2D eigenvalue weighted by atomic mass is 32.1. The summed E-state index contributed by atoms with van der Waals surface area (Å²) < 4.78 is 12.7. The molecule has 0 bridgehead atoms. The Kier molecular flexibility index (Phi) is 6.63. The number of fused-ring (bicyclic) bond motifs is 1. The molecule has 3 rings (SSSR count). The van der Waals surface area contributed by atoms with Crippen LogP contribution < -0.4 is 14.9 Å². The molecule has 1 aromatic heterocycles. The van der Waals surface area contributed by atoms with Crippen LogP contribution in [-0.2, 0) is 20.9 Å². The molecule has 156 valence electrons. The molecule has 9 heteroatoms. The highest BCUT2D eigenvalue weighted by Crippen LogP contribution is 2.23. The first-order chi connectivity index (χ1) is 14.4. The normalized spacial score (nSPS) is 11.4. The van der Waals surface area contributed by atoms with E-state index in [1.54, 1.807) is 54.0 Å². The van der Waals surface area contributed by atoms with E-state index >= 15 is 0 Å². The molecule has 2 amide bonds. The van der Waals surface area contributed by atoms with Gasteiger partial charge in [-0.1, -0.05) is 23.5 Å². The first-order valence-electron chi connectivity index (χ1n) is 9.21. The van der Waals surface area contributed by atoms with Gasteiger partial charge in [-0.2, -0.15) is 4.99 Å². The van der Waals surface area contributed by atoms with Crippen molar-refractivity contribution in [2.24, 2.45) is 4.99 Å². The van der Waals surface area contributed by atoms with Gasteiger partial charge >= 0.3 is 5.97 Å². The molecule has 0 aliphatic carbocycles. The molecule has 0 saturated carbocycles.